The summed E-state index contributed by atoms with van der Waals surface area (Å²) in [7, 11) is 0. The number of nitrogens with zero attached hydrogens (tertiary/aromatic N) is 1. The fourth-order valence-corrected chi connectivity index (χ4v) is 3.20. The van der Waals surface area contributed by atoms with E-state index in [1.165, 1.54) is 0 Å². The zero-order valence-electron chi connectivity index (χ0n) is 16.8. The lowest BCUT2D eigenvalue weighted by molar-refractivity contribution is 0.0939. The topological polar surface area (TPSA) is 77.5 Å². The van der Waals surface area contributed by atoms with Crippen LogP contribution >= 0.6 is 0 Å². The summed E-state index contributed by atoms with van der Waals surface area (Å²) in [4.78, 5) is 12.9. The Morgan fingerprint density at radius 3 is 2.43 bits per heavy atom. The Morgan fingerprint density at radius 2 is 1.80 bits per heavy atom. The van der Waals surface area contributed by atoms with Gasteiger partial charge in [0.25, 0.3) is 5.91 Å². The maximum absolute atomic E-state index is 12.9. The SMILES string of the molecule is Cc1noc(C)c1COc1ccc(C(=O)NC(c2ccccc2)c2ccco2)cc1. The molecule has 0 radical (unpaired) electrons. The van der Waals surface area contributed by atoms with E-state index in [1.54, 1.807) is 30.5 Å². The van der Waals surface area contributed by atoms with Crippen LogP contribution in [-0.4, -0.2) is 11.1 Å². The lowest BCUT2D eigenvalue weighted by atomic mass is 10.0. The first-order valence-corrected chi connectivity index (χ1v) is 9.65. The van der Waals surface area contributed by atoms with Crippen LogP contribution in [0.2, 0.25) is 0 Å². The van der Waals surface area contributed by atoms with Crippen molar-refractivity contribution >= 4 is 5.91 Å². The maximum atomic E-state index is 12.9. The summed E-state index contributed by atoms with van der Waals surface area (Å²) in [5.74, 6) is 1.89. The molecule has 2 aromatic heterocycles. The van der Waals surface area contributed by atoms with Crippen molar-refractivity contribution in [1.82, 2.24) is 10.5 Å². The average Bonchev–Trinajstić information content (AvgIpc) is 3.42. The second kappa shape index (κ2) is 8.69. The minimum atomic E-state index is -0.371. The van der Waals surface area contributed by atoms with E-state index >= 15 is 0 Å². The van der Waals surface area contributed by atoms with Gasteiger partial charge in [0, 0.05) is 5.56 Å². The van der Waals surface area contributed by atoms with Gasteiger partial charge in [-0.1, -0.05) is 35.5 Å². The first-order chi connectivity index (χ1) is 14.6. The predicted octanol–water partition coefficient (Wildman–Crippen LogP) is 4.98. The number of nitrogens with one attached hydrogen (secondary N) is 1. The second-order valence-electron chi connectivity index (χ2n) is 6.95. The summed E-state index contributed by atoms with van der Waals surface area (Å²) in [6.07, 6.45) is 1.60. The van der Waals surface area contributed by atoms with Crippen LogP contribution in [0.3, 0.4) is 0 Å². The highest BCUT2D eigenvalue weighted by Gasteiger charge is 2.20. The highest BCUT2D eigenvalue weighted by molar-refractivity contribution is 5.94. The van der Waals surface area contributed by atoms with E-state index in [-0.39, 0.29) is 11.9 Å². The molecule has 0 saturated carbocycles. The van der Waals surface area contributed by atoms with Crippen molar-refractivity contribution in [3.05, 3.63) is 107 Å². The lowest BCUT2D eigenvalue weighted by Crippen LogP contribution is -2.29. The largest absolute Gasteiger partial charge is 0.489 e. The minimum absolute atomic E-state index is 0.197. The first-order valence-electron chi connectivity index (χ1n) is 9.65. The number of ether oxygens (including phenoxy) is 1. The van der Waals surface area contributed by atoms with Gasteiger partial charge in [-0.3, -0.25) is 4.79 Å². The highest BCUT2D eigenvalue weighted by atomic mass is 16.5. The van der Waals surface area contributed by atoms with E-state index in [4.69, 9.17) is 13.7 Å². The monoisotopic (exact) mass is 402 g/mol. The van der Waals surface area contributed by atoms with Crippen LogP contribution in [0.25, 0.3) is 0 Å². The molecule has 0 saturated heterocycles. The zero-order chi connectivity index (χ0) is 20.9. The molecule has 4 aromatic rings. The van der Waals surface area contributed by atoms with Crippen LogP contribution in [0.1, 0.15) is 44.7 Å². The fraction of sp³-hybridized carbons (Fsp3) is 0.167. The maximum Gasteiger partial charge on any atom is 0.252 e. The molecule has 0 spiro atoms. The number of benzene rings is 2. The standard InChI is InChI=1S/C24H22N2O4/c1-16-21(17(2)30-26-16)15-29-20-12-10-19(11-13-20)24(27)25-23(22-9-6-14-28-22)18-7-4-3-5-8-18/h3-14,23H,15H2,1-2H3,(H,25,27). The predicted molar refractivity (Wildman–Crippen MR) is 111 cm³/mol. The minimum Gasteiger partial charge on any atom is -0.489 e. The number of rotatable bonds is 7. The van der Waals surface area contributed by atoms with E-state index in [1.807, 2.05) is 56.3 Å². The van der Waals surface area contributed by atoms with Crippen LogP contribution in [-0.2, 0) is 6.61 Å². The summed E-state index contributed by atoms with van der Waals surface area (Å²) >= 11 is 0. The van der Waals surface area contributed by atoms with Crippen LogP contribution in [0, 0.1) is 13.8 Å². The van der Waals surface area contributed by atoms with Gasteiger partial charge in [0.2, 0.25) is 0 Å². The Balaban J connectivity index is 1.45. The summed E-state index contributed by atoms with van der Waals surface area (Å²) in [6.45, 7) is 4.10. The van der Waals surface area contributed by atoms with E-state index in [9.17, 15) is 4.79 Å². The summed E-state index contributed by atoms with van der Waals surface area (Å²) < 4.78 is 16.5. The van der Waals surface area contributed by atoms with E-state index < -0.39 is 0 Å². The molecule has 1 atom stereocenters. The van der Waals surface area contributed by atoms with E-state index in [2.05, 4.69) is 10.5 Å². The molecule has 0 aliphatic carbocycles. The highest BCUT2D eigenvalue weighted by Crippen LogP contribution is 2.23. The normalized spacial score (nSPS) is 11.8. The third-order valence-electron chi connectivity index (χ3n) is 4.92. The zero-order valence-corrected chi connectivity index (χ0v) is 16.8. The molecule has 1 amide bonds. The number of hydrogen-bond donors (Lipinski definition) is 1. The third kappa shape index (κ3) is 4.27. The number of carbonyl (C=O) groups excluding carboxylic acids is 1. The quantitative estimate of drug-likeness (QED) is 0.472. The Morgan fingerprint density at radius 1 is 1.03 bits per heavy atom. The number of aryl methyl sites for hydroxylation is 2. The van der Waals surface area contributed by atoms with E-state index in [0.29, 0.717) is 23.7 Å². The molecule has 1 unspecified atom stereocenters. The molecule has 2 heterocycles. The molecular formula is C24H22N2O4. The second-order valence-corrected chi connectivity index (χ2v) is 6.95. The molecule has 2 aromatic carbocycles. The molecule has 4 rings (SSSR count). The van der Waals surface area contributed by atoms with Crippen LogP contribution < -0.4 is 10.1 Å². The summed E-state index contributed by atoms with van der Waals surface area (Å²) in [5, 5.41) is 6.97. The van der Waals surface area contributed by atoms with Gasteiger partial charge in [-0.15, -0.1) is 0 Å². The number of hydrogen-bond acceptors (Lipinski definition) is 5. The molecule has 6 nitrogen and oxygen atoms in total. The van der Waals surface area contributed by atoms with Crippen LogP contribution in [0.4, 0.5) is 0 Å². The van der Waals surface area contributed by atoms with Gasteiger partial charge in [0.05, 0.1) is 17.5 Å². The number of amides is 1. The molecule has 0 aliphatic heterocycles. The van der Waals surface area contributed by atoms with Gasteiger partial charge >= 0.3 is 0 Å². The smallest absolute Gasteiger partial charge is 0.252 e. The van der Waals surface area contributed by atoms with Crippen LogP contribution in [0.15, 0.2) is 81.9 Å². The number of carbonyl (C=O) groups is 1. The van der Waals surface area contributed by atoms with Crippen LogP contribution in [0.5, 0.6) is 5.75 Å². The molecule has 0 aliphatic rings. The van der Waals surface area contributed by atoms with Gasteiger partial charge in [-0.2, -0.15) is 0 Å². The van der Waals surface area contributed by atoms with Gasteiger partial charge in [-0.05, 0) is 55.8 Å². The molecule has 30 heavy (non-hydrogen) atoms. The van der Waals surface area contributed by atoms with Gasteiger partial charge in [0.1, 0.15) is 29.9 Å². The molecule has 152 valence electrons. The lowest BCUT2D eigenvalue weighted by Gasteiger charge is -2.17. The van der Waals surface area contributed by atoms with E-state index in [0.717, 1.165) is 22.6 Å². The van der Waals surface area contributed by atoms with Crippen molar-refractivity contribution in [1.29, 1.82) is 0 Å². The number of furan rings is 1. The third-order valence-corrected chi connectivity index (χ3v) is 4.92. The van der Waals surface area contributed by atoms with Crippen molar-refractivity contribution in [2.75, 3.05) is 0 Å². The summed E-state index contributed by atoms with van der Waals surface area (Å²) in [6, 6.07) is 20.0. The van der Waals surface area contributed by atoms with Gasteiger partial charge in [-0.25, -0.2) is 0 Å². The molecule has 1 N–H and O–H groups in total. The fourth-order valence-electron chi connectivity index (χ4n) is 3.20. The van der Waals surface area contributed by atoms with Crippen molar-refractivity contribution in [2.45, 2.75) is 26.5 Å². The number of aromatic nitrogens is 1. The Bertz CT molecular complexity index is 1080. The van der Waals surface area contributed by atoms with Crippen molar-refractivity contribution in [3.8, 4) is 5.75 Å². The van der Waals surface area contributed by atoms with Crippen molar-refractivity contribution < 1.29 is 18.5 Å². The van der Waals surface area contributed by atoms with Gasteiger partial charge < -0.3 is 19.0 Å². The molecular weight excluding hydrogens is 380 g/mol. The summed E-state index contributed by atoms with van der Waals surface area (Å²) in [5.41, 5.74) is 3.22. The first kappa shape index (κ1) is 19.5. The molecule has 0 bridgehead atoms. The van der Waals surface area contributed by atoms with Gasteiger partial charge in [0.15, 0.2) is 0 Å². The Kier molecular flexibility index (Phi) is 5.66. The average molecular weight is 402 g/mol. The van der Waals surface area contributed by atoms with Crippen molar-refractivity contribution in [2.24, 2.45) is 0 Å². The Hall–Kier alpha value is -3.80. The molecule has 0 fully saturated rings. The van der Waals surface area contributed by atoms with Crippen molar-refractivity contribution in [3.63, 3.8) is 0 Å². The Labute approximate surface area is 174 Å². The molecule has 6 heteroatoms.